The van der Waals surface area contributed by atoms with Crippen molar-refractivity contribution in [3.05, 3.63) is 58.7 Å². The molecule has 0 radical (unpaired) electrons. The van der Waals surface area contributed by atoms with Gasteiger partial charge in [-0.2, -0.15) is 0 Å². The molecule has 1 aromatic heterocycles. The molecule has 1 fully saturated rings. The summed E-state index contributed by atoms with van der Waals surface area (Å²) in [5, 5.41) is 5.06. The number of halogens is 3. The largest absolute Gasteiger partial charge is 0.368 e. The van der Waals surface area contributed by atoms with E-state index in [2.05, 4.69) is 10.2 Å². The van der Waals surface area contributed by atoms with Crippen molar-refractivity contribution in [1.82, 2.24) is 9.29 Å². The monoisotopic (exact) mass is 445 g/mol. The number of aromatic nitrogens is 1. The molecule has 1 saturated heterocycles. The zero-order valence-electron chi connectivity index (χ0n) is 14.2. The molecule has 3 aromatic rings. The molecule has 1 N–H and O–H groups in total. The summed E-state index contributed by atoms with van der Waals surface area (Å²) in [6.45, 7) is 3.47. The molecule has 4 rings (SSSR count). The summed E-state index contributed by atoms with van der Waals surface area (Å²) in [6.07, 6.45) is 1.57. The third kappa shape index (κ3) is 3.77. The van der Waals surface area contributed by atoms with Crippen LogP contribution >= 0.6 is 35.6 Å². The van der Waals surface area contributed by atoms with Crippen LogP contribution in [-0.4, -0.2) is 38.6 Å². The van der Waals surface area contributed by atoms with Gasteiger partial charge in [0.05, 0.1) is 10.4 Å². The van der Waals surface area contributed by atoms with E-state index < -0.39 is 10.0 Å². The van der Waals surface area contributed by atoms with Crippen LogP contribution in [0.3, 0.4) is 0 Å². The van der Waals surface area contributed by atoms with Crippen molar-refractivity contribution in [2.45, 2.75) is 4.90 Å². The van der Waals surface area contributed by atoms with Gasteiger partial charge in [-0.3, -0.25) is 0 Å². The third-order valence-electron chi connectivity index (χ3n) is 4.53. The molecule has 0 saturated carbocycles. The second kappa shape index (κ2) is 7.89. The van der Waals surface area contributed by atoms with E-state index in [9.17, 15) is 8.42 Å². The van der Waals surface area contributed by atoms with Crippen LogP contribution < -0.4 is 10.2 Å². The van der Waals surface area contributed by atoms with Crippen LogP contribution in [0.15, 0.2) is 53.6 Å². The molecule has 27 heavy (non-hydrogen) atoms. The fourth-order valence-electron chi connectivity index (χ4n) is 3.28. The maximum atomic E-state index is 13.1. The number of benzene rings is 2. The normalized spacial score (nSPS) is 15.0. The van der Waals surface area contributed by atoms with Gasteiger partial charge in [-0.05, 0) is 36.4 Å². The van der Waals surface area contributed by atoms with Gasteiger partial charge in [0.1, 0.15) is 0 Å². The summed E-state index contributed by atoms with van der Waals surface area (Å²) in [6, 6.07) is 11.7. The minimum atomic E-state index is -3.77. The first-order valence-electron chi connectivity index (χ1n) is 8.24. The molecule has 5 nitrogen and oxygen atoms in total. The lowest BCUT2D eigenvalue weighted by Gasteiger charge is -2.30. The van der Waals surface area contributed by atoms with Crippen LogP contribution in [0.4, 0.5) is 5.69 Å². The van der Waals surface area contributed by atoms with E-state index in [0.717, 1.165) is 37.3 Å². The Labute approximate surface area is 174 Å². The molecule has 0 unspecified atom stereocenters. The fraction of sp³-hybridized carbons (Fsp3) is 0.222. The minimum Gasteiger partial charge on any atom is -0.368 e. The summed E-state index contributed by atoms with van der Waals surface area (Å²) in [5.41, 5.74) is 1.51. The summed E-state index contributed by atoms with van der Waals surface area (Å²) < 4.78 is 27.5. The number of nitrogens with one attached hydrogen (secondary N) is 1. The Morgan fingerprint density at radius 3 is 2.41 bits per heavy atom. The van der Waals surface area contributed by atoms with E-state index in [1.54, 1.807) is 24.4 Å². The maximum absolute atomic E-state index is 13.1. The van der Waals surface area contributed by atoms with Gasteiger partial charge in [-0.1, -0.05) is 29.3 Å². The number of piperazine rings is 1. The van der Waals surface area contributed by atoms with Crippen molar-refractivity contribution in [2.75, 3.05) is 31.1 Å². The van der Waals surface area contributed by atoms with Gasteiger partial charge in [0.15, 0.2) is 0 Å². The first kappa shape index (κ1) is 20.3. The molecule has 2 heterocycles. The van der Waals surface area contributed by atoms with Crippen molar-refractivity contribution in [1.29, 1.82) is 0 Å². The zero-order valence-corrected chi connectivity index (χ0v) is 17.4. The molecule has 0 atom stereocenters. The SMILES string of the molecule is Cl.O=S(=O)(c1cccc(Cl)c1)n1ccc2c(N3CCNCC3)cc(Cl)cc21. The second-order valence-electron chi connectivity index (χ2n) is 6.17. The predicted molar refractivity (Wildman–Crippen MR) is 113 cm³/mol. The van der Waals surface area contributed by atoms with Gasteiger partial charge < -0.3 is 10.2 Å². The van der Waals surface area contributed by atoms with E-state index in [0.29, 0.717) is 15.6 Å². The number of hydrogen-bond donors (Lipinski definition) is 1. The van der Waals surface area contributed by atoms with E-state index >= 15 is 0 Å². The van der Waals surface area contributed by atoms with Gasteiger partial charge in [-0.15, -0.1) is 12.4 Å². The van der Waals surface area contributed by atoms with Crippen LogP contribution in [-0.2, 0) is 10.0 Å². The van der Waals surface area contributed by atoms with Crippen LogP contribution in [0, 0.1) is 0 Å². The van der Waals surface area contributed by atoms with Crippen LogP contribution in [0.2, 0.25) is 10.0 Å². The molecule has 144 valence electrons. The Morgan fingerprint density at radius 2 is 1.70 bits per heavy atom. The predicted octanol–water partition coefficient (Wildman–Crippen LogP) is 4.02. The standard InChI is InChI=1S/C18H17Cl2N3O2S.ClH/c19-13-2-1-3-15(10-13)26(24,25)23-7-4-16-17(11-14(20)12-18(16)23)22-8-5-21-6-9-22;/h1-4,7,10-12,21H,5-6,8-9H2;1H. The highest BCUT2D eigenvalue weighted by atomic mass is 35.5. The maximum Gasteiger partial charge on any atom is 0.268 e. The Bertz CT molecular complexity index is 1080. The number of hydrogen-bond acceptors (Lipinski definition) is 4. The van der Waals surface area contributed by atoms with Crippen LogP contribution in [0.1, 0.15) is 0 Å². The Balaban J connectivity index is 0.00000210. The van der Waals surface area contributed by atoms with Gasteiger partial charge in [0.2, 0.25) is 0 Å². The Morgan fingerprint density at radius 1 is 0.963 bits per heavy atom. The average Bonchev–Trinajstić information content (AvgIpc) is 3.06. The Hall–Kier alpha value is -1.44. The van der Waals surface area contributed by atoms with Crippen molar-refractivity contribution in [2.24, 2.45) is 0 Å². The number of fused-ring (bicyclic) bond motifs is 1. The highest BCUT2D eigenvalue weighted by molar-refractivity contribution is 7.90. The van der Waals surface area contributed by atoms with E-state index in [-0.39, 0.29) is 17.3 Å². The number of rotatable bonds is 3. The van der Waals surface area contributed by atoms with Crippen molar-refractivity contribution in [3.63, 3.8) is 0 Å². The first-order valence-corrected chi connectivity index (χ1v) is 10.4. The Kier molecular flexibility index (Phi) is 5.93. The number of anilines is 1. The molecule has 9 heteroatoms. The average molecular weight is 447 g/mol. The van der Waals surface area contributed by atoms with Crippen molar-refractivity contribution < 1.29 is 8.42 Å². The summed E-state index contributed by atoms with van der Waals surface area (Å²) in [5.74, 6) is 0. The lowest BCUT2D eigenvalue weighted by molar-refractivity contribution is 0.588. The van der Waals surface area contributed by atoms with Gasteiger partial charge in [0.25, 0.3) is 10.0 Å². The molecule has 1 aliphatic rings. The zero-order chi connectivity index (χ0) is 18.3. The van der Waals surface area contributed by atoms with Crippen molar-refractivity contribution >= 4 is 62.2 Å². The summed E-state index contributed by atoms with van der Waals surface area (Å²) in [7, 11) is -3.77. The molecule has 0 spiro atoms. The third-order valence-corrected chi connectivity index (χ3v) is 6.67. The smallest absolute Gasteiger partial charge is 0.268 e. The van der Waals surface area contributed by atoms with Gasteiger partial charge in [0, 0.05) is 53.5 Å². The van der Waals surface area contributed by atoms with E-state index in [1.807, 2.05) is 12.1 Å². The first-order chi connectivity index (χ1) is 12.5. The molecule has 0 bridgehead atoms. The topological polar surface area (TPSA) is 54.3 Å². The highest BCUT2D eigenvalue weighted by Gasteiger charge is 2.22. The van der Waals surface area contributed by atoms with Gasteiger partial charge >= 0.3 is 0 Å². The second-order valence-corrected chi connectivity index (χ2v) is 8.86. The van der Waals surface area contributed by atoms with E-state index in [4.69, 9.17) is 23.2 Å². The van der Waals surface area contributed by atoms with Crippen molar-refractivity contribution in [3.8, 4) is 0 Å². The lowest BCUT2D eigenvalue weighted by Crippen LogP contribution is -2.43. The minimum absolute atomic E-state index is 0. The molecule has 2 aromatic carbocycles. The number of nitrogens with zero attached hydrogens (tertiary/aromatic N) is 2. The summed E-state index contributed by atoms with van der Waals surface area (Å²) in [4.78, 5) is 2.37. The highest BCUT2D eigenvalue weighted by Crippen LogP contribution is 2.34. The molecular formula is C18H18Cl3N3O2S. The van der Waals surface area contributed by atoms with Crippen LogP contribution in [0.25, 0.3) is 10.9 Å². The summed E-state index contributed by atoms with van der Waals surface area (Å²) >= 11 is 12.3. The molecule has 1 aliphatic heterocycles. The van der Waals surface area contributed by atoms with Gasteiger partial charge in [-0.25, -0.2) is 12.4 Å². The fourth-order valence-corrected chi connectivity index (χ4v) is 5.13. The lowest BCUT2D eigenvalue weighted by atomic mass is 10.2. The quantitative estimate of drug-likeness (QED) is 0.660. The molecule has 0 aliphatic carbocycles. The molecule has 0 amide bonds. The van der Waals surface area contributed by atoms with Crippen LogP contribution in [0.5, 0.6) is 0 Å². The molecular weight excluding hydrogens is 429 g/mol. The van der Waals surface area contributed by atoms with E-state index in [1.165, 1.54) is 16.1 Å².